The molecule has 1 atom stereocenters. The molecule has 1 aliphatic carbocycles. The molecule has 0 aliphatic heterocycles. The highest BCUT2D eigenvalue weighted by Crippen LogP contribution is 2.49. The van der Waals surface area contributed by atoms with Crippen LogP contribution in [0.15, 0.2) is 24.3 Å². The van der Waals surface area contributed by atoms with Gasteiger partial charge in [0.2, 0.25) is 0 Å². The predicted octanol–water partition coefficient (Wildman–Crippen LogP) is 2.26. The summed E-state index contributed by atoms with van der Waals surface area (Å²) in [5.41, 5.74) is 4.75. The van der Waals surface area contributed by atoms with Gasteiger partial charge in [-0.05, 0) is 48.8 Å². The van der Waals surface area contributed by atoms with Gasteiger partial charge in [0.05, 0.1) is 7.11 Å². The van der Waals surface area contributed by atoms with Gasteiger partial charge in [-0.15, -0.1) is 0 Å². The van der Waals surface area contributed by atoms with E-state index >= 15 is 0 Å². The summed E-state index contributed by atoms with van der Waals surface area (Å²) in [5.74, 6) is 6.55. The van der Waals surface area contributed by atoms with Crippen molar-refractivity contribution in [3.63, 3.8) is 0 Å². The fourth-order valence-electron chi connectivity index (χ4n) is 2.28. The highest BCUT2D eigenvalue weighted by molar-refractivity contribution is 5.27. The first-order valence-corrected chi connectivity index (χ1v) is 6.27. The topological polar surface area (TPSA) is 47.3 Å². The van der Waals surface area contributed by atoms with Crippen LogP contribution in [-0.2, 0) is 6.42 Å². The molecule has 1 aliphatic rings. The van der Waals surface area contributed by atoms with Gasteiger partial charge in [-0.25, -0.2) is 0 Å². The number of nitrogens with one attached hydrogen (secondary N) is 1. The molecule has 17 heavy (non-hydrogen) atoms. The molecule has 3 nitrogen and oxygen atoms in total. The third-order valence-electron chi connectivity index (χ3n) is 3.96. The van der Waals surface area contributed by atoms with Gasteiger partial charge >= 0.3 is 0 Å². The molecule has 1 unspecified atom stereocenters. The lowest BCUT2D eigenvalue weighted by Gasteiger charge is -2.22. The highest BCUT2D eigenvalue weighted by Gasteiger charge is 2.43. The number of rotatable bonds is 6. The van der Waals surface area contributed by atoms with Crippen molar-refractivity contribution in [1.29, 1.82) is 0 Å². The van der Waals surface area contributed by atoms with Crippen LogP contribution in [0.4, 0.5) is 0 Å². The van der Waals surface area contributed by atoms with Crippen LogP contribution in [0.2, 0.25) is 0 Å². The first-order chi connectivity index (χ1) is 8.18. The quantitative estimate of drug-likeness (QED) is 0.586. The van der Waals surface area contributed by atoms with Gasteiger partial charge in [-0.2, -0.15) is 0 Å². The van der Waals surface area contributed by atoms with Crippen molar-refractivity contribution in [2.24, 2.45) is 11.3 Å². The monoisotopic (exact) mass is 234 g/mol. The molecule has 0 amide bonds. The third-order valence-corrected chi connectivity index (χ3v) is 3.96. The van der Waals surface area contributed by atoms with E-state index in [1.165, 1.54) is 18.4 Å². The third kappa shape index (κ3) is 2.99. The lowest BCUT2D eigenvalue weighted by molar-refractivity contribution is 0.342. The standard InChI is InChI=1S/C14H22N2O/c1-14(9-10-14)13(16-15)8-5-11-3-6-12(17-2)7-4-11/h3-4,6-7,13,16H,5,8-10,15H2,1-2H3. The van der Waals surface area contributed by atoms with Crippen molar-refractivity contribution >= 4 is 0 Å². The molecule has 1 saturated carbocycles. The molecule has 0 heterocycles. The van der Waals surface area contributed by atoms with E-state index in [0.29, 0.717) is 11.5 Å². The van der Waals surface area contributed by atoms with E-state index in [2.05, 4.69) is 24.5 Å². The molecule has 3 N–H and O–H groups in total. The van der Waals surface area contributed by atoms with E-state index in [9.17, 15) is 0 Å². The molecule has 0 spiro atoms. The van der Waals surface area contributed by atoms with Gasteiger partial charge in [0, 0.05) is 6.04 Å². The summed E-state index contributed by atoms with van der Waals surface area (Å²) in [7, 11) is 1.69. The van der Waals surface area contributed by atoms with Crippen molar-refractivity contribution in [3.05, 3.63) is 29.8 Å². The van der Waals surface area contributed by atoms with Crippen LogP contribution in [0.3, 0.4) is 0 Å². The number of hydrogen-bond acceptors (Lipinski definition) is 3. The maximum absolute atomic E-state index is 5.64. The summed E-state index contributed by atoms with van der Waals surface area (Å²) < 4.78 is 5.15. The van der Waals surface area contributed by atoms with E-state index in [-0.39, 0.29) is 0 Å². The van der Waals surface area contributed by atoms with Gasteiger partial charge in [-0.1, -0.05) is 19.1 Å². The first-order valence-electron chi connectivity index (χ1n) is 6.27. The van der Waals surface area contributed by atoms with Crippen LogP contribution in [0.25, 0.3) is 0 Å². The lowest BCUT2D eigenvalue weighted by atomic mass is 9.93. The minimum absolute atomic E-state index is 0.432. The highest BCUT2D eigenvalue weighted by atomic mass is 16.5. The average molecular weight is 234 g/mol. The Bertz CT molecular complexity index is 357. The number of hydrazine groups is 1. The second-order valence-corrected chi connectivity index (χ2v) is 5.26. The van der Waals surface area contributed by atoms with Gasteiger partial charge < -0.3 is 4.74 Å². The van der Waals surface area contributed by atoms with Crippen LogP contribution in [0.5, 0.6) is 5.75 Å². The van der Waals surface area contributed by atoms with Gasteiger partial charge in [0.1, 0.15) is 5.75 Å². The second-order valence-electron chi connectivity index (χ2n) is 5.26. The molecule has 2 rings (SSSR count). The Kier molecular flexibility index (Phi) is 3.69. The minimum Gasteiger partial charge on any atom is -0.497 e. The Hall–Kier alpha value is -1.06. The van der Waals surface area contributed by atoms with Crippen molar-refractivity contribution in [3.8, 4) is 5.75 Å². The zero-order chi connectivity index (χ0) is 12.3. The van der Waals surface area contributed by atoms with Crippen molar-refractivity contribution in [2.75, 3.05) is 7.11 Å². The summed E-state index contributed by atoms with van der Waals surface area (Å²) in [5, 5.41) is 0. The zero-order valence-electron chi connectivity index (χ0n) is 10.7. The van der Waals surface area contributed by atoms with E-state index in [1.54, 1.807) is 7.11 Å². The van der Waals surface area contributed by atoms with Crippen molar-refractivity contribution in [2.45, 2.75) is 38.6 Å². The van der Waals surface area contributed by atoms with E-state index in [0.717, 1.165) is 18.6 Å². The smallest absolute Gasteiger partial charge is 0.118 e. The number of aryl methyl sites for hydroxylation is 1. The van der Waals surface area contributed by atoms with Crippen LogP contribution in [0.1, 0.15) is 31.7 Å². The van der Waals surface area contributed by atoms with E-state index < -0.39 is 0 Å². The van der Waals surface area contributed by atoms with Gasteiger partial charge in [0.25, 0.3) is 0 Å². The Morgan fingerprint density at radius 1 is 1.35 bits per heavy atom. The lowest BCUT2D eigenvalue weighted by Crippen LogP contribution is -2.41. The molecule has 1 aromatic rings. The molecular weight excluding hydrogens is 212 g/mol. The molecule has 1 fully saturated rings. The largest absolute Gasteiger partial charge is 0.497 e. The van der Waals surface area contributed by atoms with Crippen LogP contribution in [0, 0.1) is 5.41 Å². The summed E-state index contributed by atoms with van der Waals surface area (Å²) in [6.07, 6.45) is 4.75. The molecule has 94 valence electrons. The fourth-order valence-corrected chi connectivity index (χ4v) is 2.28. The second kappa shape index (κ2) is 5.07. The van der Waals surface area contributed by atoms with Crippen LogP contribution >= 0.6 is 0 Å². The molecular formula is C14H22N2O. The molecule has 3 heteroatoms. The maximum Gasteiger partial charge on any atom is 0.118 e. The summed E-state index contributed by atoms with van der Waals surface area (Å²) in [6, 6.07) is 8.71. The van der Waals surface area contributed by atoms with Crippen molar-refractivity contribution < 1.29 is 4.74 Å². The average Bonchev–Trinajstić information content (AvgIpc) is 3.10. The minimum atomic E-state index is 0.432. The first kappa shape index (κ1) is 12.4. The van der Waals surface area contributed by atoms with E-state index in [4.69, 9.17) is 10.6 Å². The van der Waals surface area contributed by atoms with Crippen LogP contribution in [-0.4, -0.2) is 13.2 Å². The molecule has 1 aromatic carbocycles. The maximum atomic E-state index is 5.64. The Balaban J connectivity index is 1.87. The summed E-state index contributed by atoms with van der Waals surface area (Å²) in [6.45, 7) is 2.31. The molecule has 0 saturated heterocycles. The van der Waals surface area contributed by atoms with Gasteiger partial charge in [0.15, 0.2) is 0 Å². The summed E-state index contributed by atoms with van der Waals surface area (Å²) in [4.78, 5) is 0. The Morgan fingerprint density at radius 3 is 2.47 bits per heavy atom. The van der Waals surface area contributed by atoms with E-state index in [1.807, 2.05) is 12.1 Å². The molecule has 0 radical (unpaired) electrons. The Morgan fingerprint density at radius 2 is 2.00 bits per heavy atom. The summed E-state index contributed by atoms with van der Waals surface area (Å²) >= 11 is 0. The normalized spacial score (nSPS) is 18.8. The fraction of sp³-hybridized carbons (Fsp3) is 0.571. The van der Waals surface area contributed by atoms with Crippen molar-refractivity contribution in [1.82, 2.24) is 5.43 Å². The number of benzene rings is 1. The predicted molar refractivity (Wildman–Crippen MR) is 69.8 cm³/mol. The number of hydrogen-bond donors (Lipinski definition) is 2. The molecule has 0 aromatic heterocycles. The number of nitrogens with two attached hydrogens (primary N) is 1. The van der Waals surface area contributed by atoms with Gasteiger partial charge in [-0.3, -0.25) is 11.3 Å². The SMILES string of the molecule is COc1ccc(CCC(NN)C2(C)CC2)cc1. The molecule has 0 bridgehead atoms. The zero-order valence-corrected chi connectivity index (χ0v) is 10.7. The number of ether oxygens (including phenoxy) is 1. The number of methoxy groups -OCH3 is 1. The van der Waals surface area contributed by atoms with Crippen LogP contribution < -0.4 is 16.0 Å². The Labute approximate surface area is 103 Å².